The highest BCUT2D eigenvalue weighted by atomic mass is 15.2. The number of rotatable bonds is 1. The second-order valence-electron chi connectivity index (χ2n) is 3.43. The molecule has 3 heteroatoms. The number of nitrogens with zero attached hydrogens (tertiary/aromatic N) is 2. The highest BCUT2D eigenvalue weighted by Crippen LogP contribution is 2.27. The summed E-state index contributed by atoms with van der Waals surface area (Å²) in [7, 11) is 2.17. The second-order valence-corrected chi connectivity index (χ2v) is 3.43. The van der Waals surface area contributed by atoms with Crippen LogP contribution in [-0.4, -0.2) is 28.7 Å². The zero-order chi connectivity index (χ0) is 8.39. The van der Waals surface area contributed by atoms with Crippen LogP contribution in [0.2, 0.25) is 0 Å². The van der Waals surface area contributed by atoms with Gasteiger partial charge < -0.3 is 0 Å². The van der Waals surface area contributed by atoms with E-state index in [1.807, 2.05) is 6.07 Å². The van der Waals surface area contributed by atoms with Crippen molar-refractivity contribution >= 4 is 0 Å². The normalized spacial score (nSPS) is 25.9. The molecule has 1 radical (unpaired) electrons. The molecule has 2 rings (SSSR count). The van der Waals surface area contributed by atoms with Crippen LogP contribution in [0.1, 0.15) is 31.0 Å². The molecule has 1 aliphatic heterocycles. The fourth-order valence-electron chi connectivity index (χ4n) is 1.85. The first-order valence-electron chi connectivity index (χ1n) is 4.49. The summed E-state index contributed by atoms with van der Waals surface area (Å²) in [6.07, 6.45) is 6.76. The number of nitrogens with one attached hydrogen (secondary N) is 1. The fraction of sp³-hybridized carbons (Fsp3) is 0.667. The van der Waals surface area contributed by atoms with Gasteiger partial charge in [0.25, 0.3) is 0 Å². The second kappa shape index (κ2) is 3.27. The van der Waals surface area contributed by atoms with E-state index in [9.17, 15) is 0 Å². The molecule has 12 heavy (non-hydrogen) atoms. The Bertz CT molecular complexity index is 230. The van der Waals surface area contributed by atoms with Crippen LogP contribution in [0, 0.1) is 6.20 Å². The number of aromatic nitrogens is 2. The van der Waals surface area contributed by atoms with Gasteiger partial charge in [0, 0.05) is 0 Å². The van der Waals surface area contributed by atoms with Crippen molar-refractivity contribution in [3.63, 3.8) is 0 Å². The molecular formula is C9H14N3. The standard InChI is InChI=1S/C9H14N3/c1-12-7-3-2-4-9(12)8-5-6-10-11-8/h5,9H,2-4,7H2,1H3,(H,10,11). The molecule has 0 spiro atoms. The molecule has 1 aromatic heterocycles. The number of hydrogen-bond acceptors (Lipinski definition) is 2. The highest BCUT2D eigenvalue weighted by Gasteiger charge is 2.21. The summed E-state index contributed by atoms with van der Waals surface area (Å²) in [5.74, 6) is 0. The van der Waals surface area contributed by atoms with E-state index in [4.69, 9.17) is 0 Å². The number of hydrogen-bond donors (Lipinski definition) is 1. The van der Waals surface area contributed by atoms with Crippen molar-refractivity contribution in [1.29, 1.82) is 0 Å². The maximum absolute atomic E-state index is 4.17. The highest BCUT2D eigenvalue weighted by molar-refractivity contribution is 5.04. The molecule has 1 N–H and O–H groups in total. The minimum atomic E-state index is 0.515. The third kappa shape index (κ3) is 1.37. The summed E-state index contributed by atoms with van der Waals surface area (Å²) >= 11 is 0. The van der Waals surface area contributed by atoms with Crippen LogP contribution in [0.3, 0.4) is 0 Å². The van der Waals surface area contributed by atoms with Gasteiger partial charge in [-0.3, -0.25) is 10.00 Å². The van der Waals surface area contributed by atoms with Crippen LogP contribution >= 0.6 is 0 Å². The number of piperidine rings is 1. The van der Waals surface area contributed by atoms with Crippen LogP contribution in [0.4, 0.5) is 0 Å². The molecule has 1 fully saturated rings. The first-order chi connectivity index (χ1) is 5.88. The van der Waals surface area contributed by atoms with Crippen molar-refractivity contribution in [2.24, 2.45) is 0 Å². The minimum absolute atomic E-state index is 0.515. The van der Waals surface area contributed by atoms with Gasteiger partial charge in [-0.15, -0.1) is 0 Å². The molecule has 0 amide bonds. The van der Waals surface area contributed by atoms with Crippen molar-refractivity contribution in [3.05, 3.63) is 18.0 Å². The molecule has 0 aliphatic carbocycles. The number of aromatic amines is 1. The first-order valence-corrected chi connectivity index (χ1v) is 4.49. The lowest BCUT2D eigenvalue weighted by atomic mass is 10.0. The molecular weight excluding hydrogens is 150 g/mol. The summed E-state index contributed by atoms with van der Waals surface area (Å²) in [6, 6.07) is 2.47. The van der Waals surface area contributed by atoms with Gasteiger partial charge in [-0.05, 0) is 32.5 Å². The Labute approximate surface area is 72.8 Å². The minimum Gasteiger partial charge on any atom is -0.298 e. The van der Waals surface area contributed by atoms with Gasteiger partial charge in [-0.25, -0.2) is 0 Å². The van der Waals surface area contributed by atoms with Crippen molar-refractivity contribution in [2.75, 3.05) is 13.6 Å². The van der Waals surface area contributed by atoms with E-state index in [1.165, 1.54) is 25.8 Å². The Morgan fingerprint density at radius 3 is 3.25 bits per heavy atom. The van der Waals surface area contributed by atoms with Crippen molar-refractivity contribution in [2.45, 2.75) is 25.3 Å². The smallest absolute Gasteiger partial charge is 0.0832 e. The average molecular weight is 164 g/mol. The van der Waals surface area contributed by atoms with Gasteiger partial charge in [0.2, 0.25) is 0 Å². The predicted molar refractivity (Wildman–Crippen MR) is 46.6 cm³/mol. The van der Waals surface area contributed by atoms with Crippen molar-refractivity contribution in [1.82, 2.24) is 15.1 Å². The Kier molecular flexibility index (Phi) is 2.13. The van der Waals surface area contributed by atoms with E-state index < -0.39 is 0 Å². The van der Waals surface area contributed by atoms with E-state index in [-0.39, 0.29) is 0 Å². The maximum Gasteiger partial charge on any atom is 0.0832 e. The Hall–Kier alpha value is -0.830. The lowest BCUT2D eigenvalue weighted by Crippen LogP contribution is -2.29. The third-order valence-corrected chi connectivity index (χ3v) is 2.58. The zero-order valence-electron chi connectivity index (χ0n) is 7.38. The number of H-pyrrole nitrogens is 1. The molecule has 1 atom stereocenters. The molecule has 3 nitrogen and oxygen atoms in total. The SMILES string of the molecule is CN1CCCCC1c1c[c][nH]n1. The predicted octanol–water partition coefficient (Wildman–Crippen LogP) is 1.37. The van der Waals surface area contributed by atoms with Crippen LogP contribution in [0.15, 0.2) is 6.07 Å². The van der Waals surface area contributed by atoms with Gasteiger partial charge in [0.1, 0.15) is 0 Å². The van der Waals surface area contributed by atoms with Crippen LogP contribution in [-0.2, 0) is 0 Å². The third-order valence-electron chi connectivity index (χ3n) is 2.58. The molecule has 1 saturated heterocycles. The topological polar surface area (TPSA) is 31.9 Å². The first kappa shape index (κ1) is 7.80. The monoisotopic (exact) mass is 164 g/mol. The molecule has 1 aromatic rings. The number of likely N-dealkylation sites (tertiary alicyclic amines) is 1. The summed E-state index contributed by atoms with van der Waals surface area (Å²) in [5, 5.41) is 6.91. The molecule has 1 unspecified atom stereocenters. The van der Waals surface area contributed by atoms with Crippen molar-refractivity contribution in [3.8, 4) is 0 Å². The largest absolute Gasteiger partial charge is 0.298 e. The molecule has 0 bridgehead atoms. The quantitative estimate of drug-likeness (QED) is 0.679. The maximum atomic E-state index is 4.17. The van der Waals surface area contributed by atoms with Crippen LogP contribution in [0.5, 0.6) is 0 Å². The van der Waals surface area contributed by atoms with E-state index in [2.05, 4.69) is 28.3 Å². The van der Waals surface area contributed by atoms with Crippen LogP contribution < -0.4 is 0 Å². The van der Waals surface area contributed by atoms with Gasteiger partial charge >= 0.3 is 0 Å². The molecule has 2 heterocycles. The van der Waals surface area contributed by atoms with E-state index in [1.54, 1.807) is 0 Å². The van der Waals surface area contributed by atoms with Gasteiger partial charge in [0.05, 0.1) is 17.9 Å². The van der Waals surface area contributed by atoms with E-state index >= 15 is 0 Å². The van der Waals surface area contributed by atoms with E-state index in [0.29, 0.717) is 6.04 Å². The van der Waals surface area contributed by atoms with Gasteiger partial charge in [-0.2, -0.15) is 5.10 Å². The lowest BCUT2D eigenvalue weighted by Gasteiger charge is -2.30. The summed E-state index contributed by atoms with van der Waals surface area (Å²) in [6.45, 7) is 1.19. The van der Waals surface area contributed by atoms with Gasteiger partial charge in [-0.1, -0.05) is 6.42 Å². The van der Waals surface area contributed by atoms with Gasteiger partial charge in [0.15, 0.2) is 0 Å². The Balaban J connectivity index is 2.11. The van der Waals surface area contributed by atoms with Crippen molar-refractivity contribution < 1.29 is 0 Å². The molecule has 65 valence electrons. The Morgan fingerprint density at radius 1 is 1.67 bits per heavy atom. The van der Waals surface area contributed by atoms with Crippen LogP contribution in [0.25, 0.3) is 0 Å². The lowest BCUT2D eigenvalue weighted by molar-refractivity contribution is 0.183. The van der Waals surface area contributed by atoms with E-state index in [0.717, 1.165) is 5.69 Å². The average Bonchev–Trinajstić information content (AvgIpc) is 2.57. The summed E-state index contributed by atoms with van der Waals surface area (Å²) in [4.78, 5) is 2.37. The molecule has 1 aliphatic rings. The summed E-state index contributed by atoms with van der Waals surface area (Å²) < 4.78 is 0. The molecule has 0 aromatic carbocycles. The summed E-state index contributed by atoms with van der Waals surface area (Å²) in [5.41, 5.74) is 1.14. The Morgan fingerprint density at radius 2 is 2.58 bits per heavy atom. The zero-order valence-corrected chi connectivity index (χ0v) is 7.38. The molecule has 0 saturated carbocycles. The fourth-order valence-corrected chi connectivity index (χ4v) is 1.85.